The smallest absolute Gasteiger partial charge is 0.333 e. The fraction of sp³-hybridized carbons (Fsp3) is 0.500. The lowest BCUT2D eigenvalue weighted by molar-refractivity contribution is -0.166. The monoisotopic (exact) mass is 214 g/mol. The minimum Gasteiger partial charge on any atom is -0.428 e. The molecule has 0 aliphatic rings. The van der Waals surface area contributed by atoms with Gasteiger partial charge in [0.1, 0.15) is 0 Å². The highest BCUT2D eigenvalue weighted by Crippen LogP contribution is 1.95. The predicted octanol–water partition coefficient (Wildman–Crippen LogP) is 0.831. The van der Waals surface area contributed by atoms with Crippen LogP contribution in [0.3, 0.4) is 0 Å². The zero-order valence-corrected chi connectivity index (χ0v) is 8.98. The fourth-order valence-electron chi connectivity index (χ4n) is 0.546. The SMILES string of the molecule is CC(=O)/C=C/C(=O)OCOC(=O)C(C)C. The van der Waals surface area contributed by atoms with Crippen LogP contribution < -0.4 is 0 Å². The average molecular weight is 214 g/mol. The Bertz CT molecular complexity index is 278. The standard InChI is InChI=1S/C10H14O5/c1-7(2)10(13)15-6-14-9(12)5-4-8(3)11/h4-5,7H,6H2,1-3H3/b5-4+. The summed E-state index contributed by atoms with van der Waals surface area (Å²) in [5.41, 5.74) is 0. The number of carbonyl (C=O) groups is 3. The maximum Gasteiger partial charge on any atom is 0.333 e. The number of ether oxygens (including phenoxy) is 2. The second kappa shape index (κ2) is 6.75. The van der Waals surface area contributed by atoms with Gasteiger partial charge in [0.05, 0.1) is 5.92 Å². The first-order valence-electron chi connectivity index (χ1n) is 4.45. The van der Waals surface area contributed by atoms with Crippen LogP contribution in [0.1, 0.15) is 20.8 Å². The molecule has 5 heteroatoms. The maximum atomic E-state index is 10.9. The van der Waals surface area contributed by atoms with Crippen LogP contribution >= 0.6 is 0 Å². The number of carbonyl (C=O) groups excluding carboxylic acids is 3. The topological polar surface area (TPSA) is 69.7 Å². The summed E-state index contributed by atoms with van der Waals surface area (Å²) in [5.74, 6) is -1.69. The molecule has 0 aromatic carbocycles. The van der Waals surface area contributed by atoms with E-state index in [2.05, 4.69) is 9.47 Å². The van der Waals surface area contributed by atoms with Gasteiger partial charge in [-0.25, -0.2) is 4.79 Å². The number of allylic oxidation sites excluding steroid dienone is 1. The van der Waals surface area contributed by atoms with Crippen molar-refractivity contribution in [2.75, 3.05) is 6.79 Å². The Morgan fingerprint density at radius 3 is 2.20 bits per heavy atom. The molecule has 0 aliphatic carbocycles. The van der Waals surface area contributed by atoms with E-state index in [9.17, 15) is 14.4 Å². The van der Waals surface area contributed by atoms with Crippen molar-refractivity contribution in [3.05, 3.63) is 12.2 Å². The van der Waals surface area contributed by atoms with Crippen LogP contribution in [0.4, 0.5) is 0 Å². The minimum atomic E-state index is -0.721. The molecule has 15 heavy (non-hydrogen) atoms. The molecule has 0 unspecified atom stereocenters. The van der Waals surface area contributed by atoms with Crippen LogP contribution in [-0.2, 0) is 23.9 Å². The Kier molecular flexibility index (Phi) is 6.01. The summed E-state index contributed by atoms with van der Waals surface area (Å²) in [7, 11) is 0. The minimum absolute atomic E-state index is 0.258. The van der Waals surface area contributed by atoms with Crippen LogP contribution in [0.2, 0.25) is 0 Å². The Morgan fingerprint density at radius 2 is 1.73 bits per heavy atom. The highest BCUT2D eigenvalue weighted by molar-refractivity contribution is 5.94. The molecule has 0 saturated heterocycles. The van der Waals surface area contributed by atoms with Gasteiger partial charge in [-0.2, -0.15) is 0 Å². The van der Waals surface area contributed by atoms with Crippen molar-refractivity contribution in [3.8, 4) is 0 Å². The summed E-state index contributed by atoms with van der Waals surface area (Å²) >= 11 is 0. The summed E-state index contributed by atoms with van der Waals surface area (Å²) in [6, 6.07) is 0. The average Bonchev–Trinajstić information content (AvgIpc) is 2.14. The third kappa shape index (κ3) is 7.42. The van der Waals surface area contributed by atoms with Crippen molar-refractivity contribution in [1.82, 2.24) is 0 Å². The molecule has 0 radical (unpaired) electrons. The molecular weight excluding hydrogens is 200 g/mol. The molecule has 0 fully saturated rings. The largest absolute Gasteiger partial charge is 0.428 e. The van der Waals surface area contributed by atoms with Gasteiger partial charge < -0.3 is 9.47 Å². The summed E-state index contributed by atoms with van der Waals surface area (Å²) in [6.45, 7) is 4.21. The molecule has 0 spiro atoms. The molecule has 0 N–H and O–H groups in total. The first kappa shape index (κ1) is 13.4. The quantitative estimate of drug-likeness (QED) is 0.385. The van der Waals surface area contributed by atoms with Gasteiger partial charge in [0.2, 0.25) is 6.79 Å². The van der Waals surface area contributed by atoms with Gasteiger partial charge in [-0.05, 0) is 13.0 Å². The summed E-state index contributed by atoms with van der Waals surface area (Å²) < 4.78 is 9.07. The molecule has 0 bridgehead atoms. The highest BCUT2D eigenvalue weighted by Gasteiger charge is 2.08. The molecule has 0 saturated carbocycles. The first-order chi connectivity index (χ1) is 6.93. The zero-order valence-electron chi connectivity index (χ0n) is 8.98. The van der Waals surface area contributed by atoms with E-state index in [0.29, 0.717) is 0 Å². The number of ketones is 1. The van der Waals surface area contributed by atoms with Gasteiger partial charge in [-0.3, -0.25) is 9.59 Å². The van der Waals surface area contributed by atoms with E-state index in [0.717, 1.165) is 12.2 Å². The Morgan fingerprint density at radius 1 is 1.13 bits per heavy atom. The van der Waals surface area contributed by atoms with Crippen molar-refractivity contribution in [1.29, 1.82) is 0 Å². The Labute approximate surface area is 88.0 Å². The predicted molar refractivity (Wildman–Crippen MR) is 51.7 cm³/mol. The first-order valence-corrected chi connectivity index (χ1v) is 4.45. The number of hydrogen-bond donors (Lipinski definition) is 0. The lowest BCUT2D eigenvalue weighted by Crippen LogP contribution is -2.15. The summed E-state index contributed by atoms with van der Waals surface area (Å²) in [6.07, 6.45) is 2.05. The zero-order chi connectivity index (χ0) is 11.8. The molecule has 0 aromatic heterocycles. The normalized spacial score (nSPS) is 10.4. The Balaban J connectivity index is 3.73. The van der Waals surface area contributed by atoms with E-state index in [1.54, 1.807) is 13.8 Å². The van der Waals surface area contributed by atoms with Crippen molar-refractivity contribution in [2.45, 2.75) is 20.8 Å². The van der Waals surface area contributed by atoms with Gasteiger partial charge >= 0.3 is 11.9 Å². The maximum absolute atomic E-state index is 10.9. The lowest BCUT2D eigenvalue weighted by Gasteiger charge is -2.06. The van der Waals surface area contributed by atoms with Crippen LogP contribution in [0.15, 0.2) is 12.2 Å². The van der Waals surface area contributed by atoms with Gasteiger partial charge in [0.15, 0.2) is 5.78 Å². The van der Waals surface area contributed by atoms with Crippen molar-refractivity contribution >= 4 is 17.7 Å². The van der Waals surface area contributed by atoms with E-state index < -0.39 is 18.7 Å². The molecule has 5 nitrogen and oxygen atoms in total. The van der Waals surface area contributed by atoms with Crippen molar-refractivity contribution < 1.29 is 23.9 Å². The van der Waals surface area contributed by atoms with Gasteiger partial charge in [-0.1, -0.05) is 13.8 Å². The molecule has 0 heterocycles. The van der Waals surface area contributed by atoms with Crippen LogP contribution in [0, 0.1) is 5.92 Å². The molecule has 0 atom stereocenters. The third-order valence-corrected chi connectivity index (χ3v) is 1.33. The van der Waals surface area contributed by atoms with E-state index in [-0.39, 0.29) is 11.7 Å². The van der Waals surface area contributed by atoms with Crippen molar-refractivity contribution in [2.24, 2.45) is 5.92 Å². The molecule has 0 aromatic rings. The van der Waals surface area contributed by atoms with Crippen LogP contribution in [0.5, 0.6) is 0 Å². The second-order valence-corrected chi connectivity index (χ2v) is 3.14. The lowest BCUT2D eigenvalue weighted by atomic mass is 10.2. The van der Waals surface area contributed by atoms with E-state index in [1.165, 1.54) is 6.92 Å². The molecule has 0 amide bonds. The van der Waals surface area contributed by atoms with E-state index >= 15 is 0 Å². The summed E-state index contributed by atoms with van der Waals surface area (Å²) in [4.78, 5) is 32.2. The van der Waals surface area contributed by atoms with Crippen LogP contribution in [-0.4, -0.2) is 24.5 Å². The fourth-order valence-corrected chi connectivity index (χ4v) is 0.546. The highest BCUT2D eigenvalue weighted by atomic mass is 16.7. The third-order valence-electron chi connectivity index (χ3n) is 1.33. The molecule has 84 valence electrons. The number of rotatable bonds is 5. The van der Waals surface area contributed by atoms with Crippen LogP contribution in [0.25, 0.3) is 0 Å². The molecule has 0 rings (SSSR count). The van der Waals surface area contributed by atoms with Gasteiger partial charge in [0, 0.05) is 6.08 Å². The second-order valence-electron chi connectivity index (χ2n) is 3.14. The van der Waals surface area contributed by atoms with E-state index in [1.807, 2.05) is 0 Å². The Hall–Kier alpha value is -1.65. The summed E-state index contributed by atoms with van der Waals surface area (Å²) in [5, 5.41) is 0. The molecule has 0 aliphatic heterocycles. The number of esters is 2. The van der Waals surface area contributed by atoms with E-state index in [4.69, 9.17) is 0 Å². The van der Waals surface area contributed by atoms with Gasteiger partial charge in [0.25, 0.3) is 0 Å². The van der Waals surface area contributed by atoms with Gasteiger partial charge in [-0.15, -0.1) is 0 Å². The number of hydrogen-bond acceptors (Lipinski definition) is 5. The van der Waals surface area contributed by atoms with Crippen molar-refractivity contribution in [3.63, 3.8) is 0 Å². The molecular formula is C10H14O5.